The molecule has 0 saturated heterocycles. The topological polar surface area (TPSA) is 49.3 Å². The van der Waals surface area contributed by atoms with Crippen LogP contribution in [-0.2, 0) is 4.79 Å². The van der Waals surface area contributed by atoms with Gasteiger partial charge in [-0.25, -0.2) is 0 Å². The minimum Gasteiger partial charge on any atom is -0.394 e. The second kappa shape index (κ2) is 7.81. The Kier molecular flexibility index (Phi) is 6.75. The van der Waals surface area contributed by atoms with Crippen LogP contribution in [-0.4, -0.2) is 29.4 Å². The van der Waals surface area contributed by atoms with E-state index in [4.69, 9.17) is 5.11 Å². The maximum absolute atomic E-state index is 11.7. The lowest BCUT2D eigenvalue weighted by Gasteiger charge is -2.14. The van der Waals surface area contributed by atoms with Crippen molar-refractivity contribution in [1.29, 1.82) is 0 Å². The Hall–Kier alpha value is -0.520. The van der Waals surface area contributed by atoms with Crippen LogP contribution >= 0.6 is 27.7 Å². The van der Waals surface area contributed by atoms with Crippen LogP contribution in [0.25, 0.3) is 0 Å². The van der Waals surface area contributed by atoms with E-state index in [9.17, 15) is 4.79 Å². The average Bonchev–Trinajstić information content (AvgIpc) is 2.35. The lowest BCUT2D eigenvalue weighted by Crippen LogP contribution is -2.37. The van der Waals surface area contributed by atoms with E-state index in [1.807, 2.05) is 32.0 Å². The van der Waals surface area contributed by atoms with Gasteiger partial charge in [-0.05, 0) is 37.1 Å². The number of benzene rings is 1. The highest BCUT2D eigenvalue weighted by atomic mass is 79.9. The molecule has 1 aromatic rings. The van der Waals surface area contributed by atoms with E-state index in [0.717, 1.165) is 21.4 Å². The van der Waals surface area contributed by atoms with Crippen LogP contribution in [0.5, 0.6) is 0 Å². The third-order valence-electron chi connectivity index (χ3n) is 2.57. The molecule has 1 rings (SSSR count). The number of carbonyl (C=O) groups excluding carboxylic acids is 1. The van der Waals surface area contributed by atoms with Crippen molar-refractivity contribution in [3.63, 3.8) is 0 Å². The highest BCUT2D eigenvalue weighted by Crippen LogP contribution is 2.25. The number of aryl methyl sites for hydroxylation is 1. The van der Waals surface area contributed by atoms with Crippen LogP contribution in [0.1, 0.15) is 18.9 Å². The molecule has 3 nitrogen and oxygen atoms in total. The molecule has 0 saturated carbocycles. The number of thioether (sulfide) groups is 1. The van der Waals surface area contributed by atoms with Gasteiger partial charge < -0.3 is 10.4 Å². The fourth-order valence-electron chi connectivity index (χ4n) is 1.46. The molecule has 100 valence electrons. The molecule has 0 aliphatic carbocycles. The van der Waals surface area contributed by atoms with Crippen molar-refractivity contribution in [3.8, 4) is 0 Å². The molecule has 1 atom stereocenters. The van der Waals surface area contributed by atoms with E-state index in [0.29, 0.717) is 5.75 Å². The van der Waals surface area contributed by atoms with Crippen molar-refractivity contribution >= 4 is 33.6 Å². The SMILES string of the molecule is CC[C@H](CO)NC(=O)CSc1ccc(Br)cc1C. The summed E-state index contributed by atoms with van der Waals surface area (Å²) < 4.78 is 1.04. The molecule has 0 heterocycles. The Balaban J connectivity index is 2.47. The summed E-state index contributed by atoms with van der Waals surface area (Å²) in [6, 6.07) is 5.86. The predicted octanol–water partition coefficient (Wildman–Crippen LogP) is 2.74. The first kappa shape index (κ1) is 15.5. The second-order valence-corrected chi connectivity index (χ2v) is 5.99. The van der Waals surface area contributed by atoms with Crippen molar-refractivity contribution in [2.45, 2.75) is 31.2 Å². The largest absolute Gasteiger partial charge is 0.394 e. The maximum Gasteiger partial charge on any atom is 0.230 e. The van der Waals surface area contributed by atoms with Crippen molar-refractivity contribution in [3.05, 3.63) is 28.2 Å². The Morgan fingerprint density at radius 3 is 2.83 bits per heavy atom. The monoisotopic (exact) mass is 331 g/mol. The number of hydrogen-bond acceptors (Lipinski definition) is 3. The van der Waals surface area contributed by atoms with Gasteiger partial charge in [0.2, 0.25) is 5.91 Å². The van der Waals surface area contributed by atoms with Crippen LogP contribution in [0.3, 0.4) is 0 Å². The van der Waals surface area contributed by atoms with Crippen LogP contribution in [0.4, 0.5) is 0 Å². The molecule has 0 radical (unpaired) electrons. The third-order valence-corrected chi connectivity index (χ3v) is 4.24. The number of aliphatic hydroxyl groups is 1. The summed E-state index contributed by atoms with van der Waals surface area (Å²) in [6.07, 6.45) is 0.740. The Bertz CT molecular complexity index is 408. The fraction of sp³-hybridized carbons (Fsp3) is 0.462. The van der Waals surface area contributed by atoms with E-state index in [2.05, 4.69) is 21.2 Å². The normalized spacial score (nSPS) is 12.2. The number of aliphatic hydroxyl groups excluding tert-OH is 1. The molecule has 0 spiro atoms. The molecule has 0 aliphatic heterocycles. The molecule has 2 N–H and O–H groups in total. The fourth-order valence-corrected chi connectivity index (χ4v) is 2.76. The number of rotatable bonds is 6. The smallest absolute Gasteiger partial charge is 0.230 e. The van der Waals surface area contributed by atoms with E-state index in [1.54, 1.807) is 0 Å². The molecular weight excluding hydrogens is 314 g/mol. The summed E-state index contributed by atoms with van der Waals surface area (Å²) in [4.78, 5) is 12.8. The minimum absolute atomic E-state index is 0.00970. The number of amides is 1. The van der Waals surface area contributed by atoms with Crippen molar-refractivity contribution in [1.82, 2.24) is 5.32 Å². The number of carbonyl (C=O) groups is 1. The summed E-state index contributed by atoms with van der Waals surface area (Å²) in [7, 11) is 0. The van der Waals surface area contributed by atoms with Crippen LogP contribution in [0.2, 0.25) is 0 Å². The maximum atomic E-state index is 11.7. The molecular formula is C13H18BrNO2S. The number of nitrogens with one attached hydrogen (secondary N) is 1. The number of hydrogen-bond donors (Lipinski definition) is 2. The third kappa shape index (κ3) is 5.00. The Labute approximate surface area is 120 Å². The molecule has 0 unspecified atom stereocenters. The van der Waals surface area contributed by atoms with Gasteiger partial charge in [0, 0.05) is 9.37 Å². The van der Waals surface area contributed by atoms with Gasteiger partial charge in [0.05, 0.1) is 18.4 Å². The van der Waals surface area contributed by atoms with E-state index in [1.165, 1.54) is 11.8 Å². The molecule has 5 heteroatoms. The molecule has 0 fully saturated rings. The first-order valence-corrected chi connectivity index (χ1v) is 7.63. The second-order valence-electron chi connectivity index (χ2n) is 4.05. The van der Waals surface area contributed by atoms with Gasteiger partial charge in [-0.1, -0.05) is 22.9 Å². The summed E-state index contributed by atoms with van der Waals surface area (Å²) in [5.41, 5.74) is 1.15. The van der Waals surface area contributed by atoms with Gasteiger partial charge in [0.25, 0.3) is 0 Å². The Morgan fingerprint density at radius 1 is 1.56 bits per heavy atom. The van der Waals surface area contributed by atoms with Gasteiger partial charge in [-0.3, -0.25) is 4.79 Å². The average molecular weight is 332 g/mol. The minimum atomic E-state index is -0.135. The summed E-state index contributed by atoms with van der Waals surface area (Å²) >= 11 is 4.92. The van der Waals surface area contributed by atoms with Crippen LogP contribution < -0.4 is 5.32 Å². The van der Waals surface area contributed by atoms with Gasteiger partial charge >= 0.3 is 0 Å². The molecule has 0 bridgehead atoms. The summed E-state index contributed by atoms with van der Waals surface area (Å²) in [5, 5.41) is 11.8. The van der Waals surface area contributed by atoms with Gasteiger partial charge in [0.1, 0.15) is 0 Å². The van der Waals surface area contributed by atoms with E-state index >= 15 is 0 Å². The zero-order valence-electron chi connectivity index (χ0n) is 10.6. The lowest BCUT2D eigenvalue weighted by atomic mass is 10.2. The molecule has 18 heavy (non-hydrogen) atoms. The molecule has 1 aromatic carbocycles. The molecule has 1 amide bonds. The van der Waals surface area contributed by atoms with Gasteiger partial charge in [0.15, 0.2) is 0 Å². The molecule has 0 aliphatic rings. The molecule has 0 aromatic heterocycles. The first-order chi connectivity index (χ1) is 8.56. The lowest BCUT2D eigenvalue weighted by molar-refractivity contribution is -0.119. The zero-order valence-corrected chi connectivity index (χ0v) is 13.0. The van der Waals surface area contributed by atoms with Gasteiger partial charge in [-0.2, -0.15) is 0 Å². The standard InChI is InChI=1S/C13H18BrNO2S/c1-3-11(7-16)15-13(17)8-18-12-5-4-10(14)6-9(12)2/h4-6,11,16H,3,7-8H2,1-2H3,(H,15,17)/t11-/m1/s1. The van der Waals surface area contributed by atoms with Gasteiger partial charge in [-0.15, -0.1) is 11.8 Å². The quantitative estimate of drug-likeness (QED) is 0.788. The highest BCUT2D eigenvalue weighted by Gasteiger charge is 2.10. The van der Waals surface area contributed by atoms with E-state index in [-0.39, 0.29) is 18.6 Å². The van der Waals surface area contributed by atoms with E-state index < -0.39 is 0 Å². The first-order valence-electron chi connectivity index (χ1n) is 5.86. The summed E-state index contributed by atoms with van der Waals surface area (Å²) in [6.45, 7) is 3.95. The predicted molar refractivity (Wildman–Crippen MR) is 78.9 cm³/mol. The van der Waals surface area contributed by atoms with Crippen LogP contribution in [0.15, 0.2) is 27.6 Å². The van der Waals surface area contributed by atoms with Crippen molar-refractivity contribution in [2.75, 3.05) is 12.4 Å². The zero-order chi connectivity index (χ0) is 13.5. The highest BCUT2D eigenvalue weighted by molar-refractivity contribution is 9.10. The van der Waals surface area contributed by atoms with Crippen molar-refractivity contribution in [2.24, 2.45) is 0 Å². The number of halogens is 1. The van der Waals surface area contributed by atoms with Crippen LogP contribution in [0, 0.1) is 6.92 Å². The van der Waals surface area contributed by atoms with Crippen molar-refractivity contribution < 1.29 is 9.90 Å². The Morgan fingerprint density at radius 2 is 2.28 bits per heavy atom. The summed E-state index contributed by atoms with van der Waals surface area (Å²) in [5.74, 6) is 0.335.